The molecule has 0 amide bonds. The maximum Gasteiger partial charge on any atom is 0.204 e. The van der Waals surface area contributed by atoms with E-state index in [1.165, 1.54) is 0 Å². The summed E-state index contributed by atoms with van der Waals surface area (Å²) in [5.74, 6) is 1.28. The molecular formula is C26H23Cl2N3O2S. The molecule has 0 saturated heterocycles. The summed E-state index contributed by atoms with van der Waals surface area (Å²) in [5, 5.41) is 6.10. The number of nitrogens with one attached hydrogen (secondary N) is 1. The van der Waals surface area contributed by atoms with Crippen molar-refractivity contribution in [1.29, 1.82) is 0 Å². The molecule has 0 fully saturated rings. The number of hydrogen-bond donors (Lipinski definition) is 1. The van der Waals surface area contributed by atoms with Gasteiger partial charge in [-0.25, -0.2) is 4.98 Å². The van der Waals surface area contributed by atoms with Crippen molar-refractivity contribution in [3.63, 3.8) is 0 Å². The Morgan fingerprint density at radius 2 is 1.79 bits per heavy atom. The van der Waals surface area contributed by atoms with Crippen molar-refractivity contribution in [3.8, 4) is 22.8 Å². The summed E-state index contributed by atoms with van der Waals surface area (Å²) in [4.78, 5) is 5.80. The highest BCUT2D eigenvalue weighted by Gasteiger charge is 2.10. The highest BCUT2D eigenvalue weighted by molar-refractivity contribution is 7.16. The van der Waals surface area contributed by atoms with E-state index in [9.17, 15) is 0 Å². The number of anilines is 1. The summed E-state index contributed by atoms with van der Waals surface area (Å²) in [7, 11) is 0. The quantitative estimate of drug-likeness (QED) is 0.183. The zero-order chi connectivity index (χ0) is 23.9. The van der Waals surface area contributed by atoms with Crippen LogP contribution in [0.15, 0.2) is 71.8 Å². The monoisotopic (exact) mass is 511 g/mol. The van der Waals surface area contributed by atoms with Crippen LogP contribution < -0.4 is 14.9 Å². The summed E-state index contributed by atoms with van der Waals surface area (Å²) in [6.45, 7) is 4.85. The maximum atomic E-state index is 6.09. The van der Waals surface area contributed by atoms with Gasteiger partial charge in [0.1, 0.15) is 6.61 Å². The number of thiazole rings is 1. The molecule has 0 saturated carbocycles. The fourth-order valence-corrected chi connectivity index (χ4v) is 4.36. The van der Waals surface area contributed by atoms with Crippen LogP contribution in [0.2, 0.25) is 10.0 Å². The minimum Gasteiger partial charge on any atom is -0.490 e. The summed E-state index contributed by atoms with van der Waals surface area (Å²) >= 11 is 13.6. The third-order valence-electron chi connectivity index (χ3n) is 4.86. The fourth-order valence-electron chi connectivity index (χ4n) is 3.25. The zero-order valence-electron chi connectivity index (χ0n) is 18.7. The normalized spacial score (nSPS) is 11.1. The van der Waals surface area contributed by atoms with Crippen molar-refractivity contribution in [3.05, 3.63) is 92.8 Å². The Balaban J connectivity index is 1.43. The molecule has 1 aromatic heterocycles. The number of halogens is 2. The van der Waals surface area contributed by atoms with Gasteiger partial charge < -0.3 is 9.47 Å². The van der Waals surface area contributed by atoms with Gasteiger partial charge in [-0.3, -0.25) is 5.43 Å². The first-order valence-electron chi connectivity index (χ1n) is 10.7. The zero-order valence-corrected chi connectivity index (χ0v) is 21.0. The highest BCUT2D eigenvalue weighted by Crippen LogP contribution is 2.31. The average molecular weight is 512 g/mol. The second-order valence-electron chi connectivity index (χ2n) is 7.34. The lowest BCUT2D eigenvalue weighted by Gasteiger charge is -2.13. The molecule has 3 aromatic carbocycles. The van der Waals surface area contributed by atoms with Crippen LogP contribution in [-0.4, -0.2) is 17.8 Å². The Morgan fingerprint density at radius 3 is 2.56 bits per heavy atom. The molecule has 0 atom stereocenters. The molecule has 0 unspecified atom stereocenters. The van der Waals surface area contributed by atoms with Gasteiger partial charge >= 0.3 is 0 Å². The van der Waals surface area contributed by atoms with Gasteiger partial charge in [-0.2, -0.15) is 5.10 Å². The first kappa shape index (κ1) is 24.1. The third-order valence-corrected chi connectivity index (χ3v) is 6.48. The number of aryl methyl sites for hydroxylation is 1. The van der Waals surface area contributed by atoms with Crippen LogP contribution in [0, 0.1) is 6.92 Å². The topological polar surface area (TPSA) is 55.7 Å². The lowest BCUT2D eigenvalue weighted by molar-refractivity contribution is 0.269. The maximum absolute atomic E-state index is 6.09. The van der Waals surface area contributed by atoms with Crippen molar-refractivity contribution in [2.45, 2.75) is 20.5 Å². The van der Waals surface area contributed by atoms with Crippen LogP contribution in [-0.2, 0) is 6.61 Å². The molecule has 0 aliphatic heterocycles. The van der Waals surface area contributed by atoms with E-state index in [1.807, 2.05) is 49.4 Å². The molecular weight excluding hydrogens is 489 g/mol. The molecule has 1 heterocycles. The van der Waals surface area contributed by atoms with Gasteiger partial charge in [0.05, 0.1) is 28.6 Å². The Bertz CT molecular complexity index is 1290. The second-order valence-corrected chi connectivity index (χ2v) is 9.35. The molecule has 0 bridgehead atoms. The van der Waals surface area contributed by atoms with Gasteiger partial charge in [0.2, 0.25) is 5.13 Å². The Hall–Kier alpha value is -3.06. The largest absolute Gasteiger partial charge is 0.490 e. The van der Waals surface area contributed by atoms with E-state index in [0.29, 0.717) is 34.8 Å². The van der Waals surface area contributed by atoms with Crippen LogP contribution in [0.3, 0.4) is 0 Å². The van der Waals surface area contributed by atoms with E-state index in [4.69, 9.17) is 32.7 Å². The molecule has 5 nitrogen and oxygen atoms in total. The number of hydrogen-bond acceptors (Lipinski definition) is 6. The first-order chi connectivity index (χ1) is 16.5. The fraction of sp³-hybridized carbons (Fsp3) is 0.154. The molecule has 0 spiro atoms. The molecule has 174 valence electrons. The Labute approximate surface area is 213 Å². The SMILES string of the molecule is CCOc1cc(/C=N/Nc2nc(-c3ccccc3)c(C)s2)ccc1OCc1ccc(Cl)c(Cl)c1. The van der Waals surface area contributed by atoms with Gasteiger partial charge in [0.25, 0.3) is 0 Å². The smallest absolute Gasteiger partial charge is 0.204 e. The van der Waals surface area contributed by atoms with Gasteiger partial charge in [-0.1, -0.05) is 59.6 Å². The number of benzene rings is 3. The minimum absolute atomic E-state index is 0.346. The number of aromatic nitrogens is 1. The Morgan fingerprint density at radius 1 is 0.971 bits per heavy atom. The van der Waals surface area contributed by atoms with E-state index >= 15 is 0 Å². The number of rotatable bonds is 9. The molecule has 4 rings (SSSR count). The third kappa shape index (κ3) is 6.08. The lowest BCUT2D eigenvalue weighted by Crippen LogP contribution is -2.01. The molecule has 34 heavy (non-hydrogen) atoms. The van der Waals surface area contributed by atoms with Crippen molar-refractivity contribution in [1.82, 2.24) is 4.98 Å². The minimum atomic E-state index is 0.346. The van der Waals surface area contributed by atoms with E-state index < -0.39 is 0 Å². The predicted molar refractivity (Wildman–Crippen MR) is 142 cm³/mol. The van der Waals surface area contributed by atoms with Crippen molar-refractivity contribution < 1.29 is 9.47 Å². The van der Waals surface area contributed by atoms with E-state index in [1.54, 1.807) is 29.7 Å². The van der Waals surface area contributed by atoms with E-state index in [2.05, 4.69) is 34.6 Å². The lowest BCUT2D eigenvalue weighted by atomic mass is 10.1. The van der Waals surface area contributed by atoms with Crippen LogP contribution >= 0.6 is 34.5 Å². The molecule has 4 aromatic rings. The van der Waals surface area contributed by atoms with Crippen molar-refractivity contribution in [2.75, 3.05) is 12.0 Å². The molecule has 1 N–H and O–H groups in total. The number of nitrogens with zero attached hydrogens (tertiary/aromatic N) is 2. The van der Waals surface area contributed by atoms with Gasteiger partial charge in [0.15, 0.2) is 11.5 Å². The van der Waals surface area contributed by atoms with Crippen LogP contribution in [0.5, 0.6) is 11.5 Å². The van der Waals surface area contributed by atoms with Crippen molar-refractivity contribution >= 4 is 45.9 Å². The summed E-state index contributed by atoms with van der Waals surface area (Å²) in [6, 6.07) is 21.2. The summed E-state index contributed by atoms with van der Waals surface area (Å²) < 4.78 is 11.7. The molecule has 8 heteroatoms. The highest BCUT2D eigenvalue weighted by atomic mass is 35.5. The van der Waals surface area contributed by atoms with Gasteiger partial charge in [-0.05, 0) is 55.3 Å². The van der Waals surface area contributed by atoms with Gasteiger partial charge in [-0.15, -0.1) is 11.3 Å². The van der Waals surface area contributed by atoms with Gasteiger partial charge in [0, 0.05) is 10.4 Å². The second kappa shape index (κ2) is 11.4. The predicted octanol–water partition coefficient (Wildman–Crippen LogP) is 7.85. The number of hydrazone groups is 1. The van der Waals surface area contributed by atoms with Crippen LogP contribution in [0.25, 0.3) is 11.3 Å². The standard InChI is InChI=1S/C26H23Cl2N3O2S/c1-3-32-24-14-18(10-12-23(24)33-16-19-9-11-21(27)22(28)13-19)15-29-31-26-30-25(17(2)34-26)20-7-5-4-6-8-20/h4-15H,3,16H2,1-2H3,(H,30,31)/b29-15+. The van der Waals surface area contributed by atoms with E-state index in [-0.39, 0.29) is 0 Å². The molecule has 0 radical (unpaired) electrons. The first-order valence-corrected chi connectivity index (χ1v) is 12.3. The van der Waals surface area contributed by atoms with Crippen LogP contribution in [0.4, 0.5) is 5.13 Å². The molecule has 0 aliphatic carbocycles. The van der Waals surface area contributed by atoms with Crippen molar-refractivity contribution in [2.24, 2.45) is 5.10 Å². The van der Waals surface area contributed by atoms with E-state index in [0.717, 1.165) is 32.4 Å². The average Bonchev–Trinajstić information content (AvgIpc) is 3.21. The summed E-state index contributed by atoms with van der Waals surface area (Å²) in [6.07, 6.45) is 1.73. The van der Waals surface area contributed by atoms with Crippen LogP contribution in [0.1, 0.15) is 22.9 Å². The Kier molecular flexibility index (Phi) is 8.06. The number of ether oxygens (including phenoxy) is 2. The molecule has 0 aliphatic rings. The summed E-state index contributed by atoms with van der Waals surface area (Å²) in [5.41, 5.74) is 6.87.